The van der Waals surface area contributed by atoms with Crippen molar-refractivity contribution in [3.05, 3.63) is 0 Å². The first-order valence-corrected chi connectivity index (χ1v) is 5.21. The third-order valence-corrected chi connectivity index (χ3v) is 3.91. The molecule has 0 amide bonds. The van der Waals surface area contributed by atoms with Crippen molar-refractivity contribution in [2.24, 2.45) is 5.41 Å². The van der Waals surface area contributed by atoms with Crippen molar-refractivity contribution < 1.29 is 5.11 Å². The lowest BCUT2D eigenvalue weighted by Crippen LogP contribution is -2.45. The largest absolute Gasteiger partial charge is 0.378 e. The van der Waals surface area contributed by atoms with Gasteiger partial charge in [-0.05, 0) is 46.4 Å². The molecule has 0 aromatic rings. The van der Waals surface area contributed by atoms with Crippen molar-refractivity contribution in [3.63, 3.8) is 0 Å². The molecule has 1 spiro atoms. The Labute approximate surface area is 80.3 Å². The third kappa shape index (κ3) is 1.49. The number of likely N-dealkylation sites (tertiary alicyclic amines) is 2. The van der Waals surface area contributed by atoms with Gasteiger partial charge < -0.3 is 10.0 Å². The maximum atomic E-state index is 10.1. The Hall–Kier alpha value is -0.120. The minimum Gasteiger partial charge on any atom is -0.378 e. The second kappa shape index (κ2) is 3.23. The molecule has 2 aliphatic heterocycles. The molecule has 0 radical (unpaired) electrons. The molecule has 3 heteroatoms. The van der Waals surface area contributed by atoms with Crippen molar-refractivity contribution in [2.75, 3.05) is 33.7 Å². The highest BCUT2D eigenvalue weighted by Gasteiger charge is 2.46. The molecule has 0 bridgehead atoms. The molecular weight excluding hydrogens is 164 g/mol. The van der Waals surface area contributed by atoms with Crippen molar-refractivity contribution >= 4 is 0 Å². The quantitative estimate of drug-likeness (QED) is 0.588. The molecule has 2 saturated heterocycles. The van der Waals surface area contributed by atoms with Crippen LogP contribution in [0.25, 0.3) is 0 Å². The van der Waals surface area contributed by atoms with Crippen LogP contribution in [0, 0.1) is 5.41 Å². The van der Waals surface area contributed by atoms with Crippen LogP contribution in [0.1, 0.15) is 19.3 Å². The highest BCUT2D eigenvalue weighted by molar-refractivity contribution is 4.95. The van der Waals surface area contributed by atoms with Crippen LogP contribution in [0.3, 0.4) is 0 Å². The van der Waals surface area contributed by atoms with Gasteiger partial charge in [0.15, 0.2) is 0 Å². The first-order chi connectivity index (χ1) is 6.14. The average Bonchev–Trinajstić information content (AvgIpc) is 2.40. The minimum atomic E-state index is -0.193. The van der Waals surface area contributed by atoms with E-state index in [-0.39, 0.29) is 11.6 Å². The van der Waals surface area contributed by atoms with E-state index in [0.717, 1.165) is 32.5 Å². The maximum absolute atomic E-state index is 10.1. The predicted octanol–water partition coefficient (Wildman–Crippen LogP) is 0.352. The first kappa shape index (κ1) is 9.44. The molecule has 0 aliphatic carbocycles. The molecule has 1 N–H and O–H groups in total. The van der Waals surface area contributed by atoms with Crippen molar-refractivity contribution in [3.8, 4) is 0 Å². The van der Waals surface area contributed by atoms with E-state index in [1.807, 2.05) is 7.05 Å². The second-order valence-corrected chi connectivity index (χ2v) is 4.77. The van der Waals surface area contributed by atoms with Crippen LogP contribution in [0.2, 0.25) is 0 Å². The van der Waals surface area contributed by atoms with Crippen LogP contribution in [-0.4, -0.2) is 54.9 Å². The van der Waals surface area contributed by atoms with E-state index >= 15 is 0 Å². The summed E-state index contributed by atoms with van der Waals surface area (Å²) in [7, 11) is 4.19. The molecule has 76 valence electrons. The van der Waals surface area contributed by atoms with Crippen LogP contribution < -0.4 is 0 Å². The summed E-state index contributed by atoms with van der Waals surface area (Å²) in [4.78, 5) is 4.45. The van der Waals surface area contributed by atoms with E-state index in [1.165, 1.54) is 6.42 Å². The van der Waals surface area contributed by atoms with Crippen molar-refractivity contribution in [1.82, 2.24) is 9.80 Å². The number of aliphatic hydroxyl groups is 1. The van der Waals surface area contributed by atoms with Crippen LogP contribution >= 0.6 is 0 Å². The lowest BCUT2D eigenvalue weighted by atomic mass is 9.76. The van der Waals surface area contributed by atoms with E-state index in [0.29, 0.717) is 0 Å². The summed E-state index contributed by atoms with van der Waals surface area (Å²) in [5.74, 6) is 0. The molecule has 3 nitrogen and oxygen atoms in total. The van der Waals surface area contributed by atoms with E-state index in [9.17, 15) is 5.11 Å². The molecular formula is C10H20N2O. The van der Waals surface area contributed by atoms with Gasteiger partial charge in [-0.3, -0.25) is 4.90 Å². The van der Waals surface area contributed by atoms with E-state index in [4.69, 9.17) is 0 Å². The summed E-state index contributed by atoms with van der Waals surface area (Å²) in [6, 6.07) is 0. The van der Waals surface area contributed by atoms with Gasteiger partial charge in [0.2, 0.25) is 0 Å². The van der Waals surface area contributed by atoms with Gasteiger partial charge in [0.25, 0.3) is 0 Å². The monoisotopic (exact) mass is 184 g/mol. The fourth-order valence-corrected chi connectivity index (χ4v) is 2.69. The summed E-state index contributed by atoms with van der Waals surface area (Å²) in [6.45, 7) is 3.35. The third-order valence-electron chi connectivity index (χ3n) is 3.91. The minimum absolute atomic E-state index is 0.193. The Morgan fingerprint density at radius 3 is 2.08 bits per heavy atom. The van der Waals surface area contributed by atoms with Gasteiger partial charge in [-0.25, -0.2) is 0 Å². The summed E-state index contributed by atoms with van der Waals surface area (Å²) < 4.78 is 0. The number of rotatable bonds is 0. The Balaban J connectivity index is 2.05. The van der Waals surface area contributed by atoms with E-state index in [1.54, 1.807) is 0 Å². The van der Waals surface area contributed by atoms with Gasteiger partial charge in [-0.15, -0.1) is 0 Å². The molecule has 2 rings (SSSR count). The Morgan fingerprint density at radius 2 is 1.62 bits per heavy atom. The van der Waals surface area contributed by atoms with Crippen molar-refractivity contribution in [2.45, 2.75) is 25.5 Å². The van der Waals surface area contributed by atoms with Crippen LogP contribution in [0.4, 0.5) is 0 Å². The number of aliphatic hydroxyl groups excluding tert-OH is 1. The van der Waals surface area contributed by atoms with Crippen LogP contribution in [0.5, 0.6) is 0 Å². The molecule has 1 atom stereocenters. The van der Waals surface area contributed by atoms with Gasteiger partial charge >= 0.3 is 0 Å². The number of hydrogen-bond donors (Lipinski definition) is 1. The zero-order chi connectivity index (χ0) is 9.47. The Bertz CT molecular complexity index is 187. The standard InChI is InChI=1S/C10H20N2O/c1-11-6-3-10(4-7-11)5-8-12(2)9(10)13/h9,13H,3-8H2,1-2H3. The molecule has 2 heterocycles. The van der Waals surface area contributed by atoms with Gasteiger partial charge in [0.1, 0.15) is 6.23 Å². The normalized spacial score (nSPS) is 35.8. The van der Waals surface area contributed by atoms with Gasteiger partial charge in [0.05, 0.1) is 0 Å². The predicted molar refractivity (Wildman–Crippen MR) is 52.4 cm³/mol. The summed E-state index contributed by atoms with van der Waals surface area (Å²) in [6.07, 6.45) is 3.31. The van der Waals surface area contributed by atoms with Crippen LogP contribution in [-0.2, 0) is 0 Å². The highest BCUT2D eigenvalue weighted by Crippen LogP contribution is 2.43. The van der Waals surface area contributed by atoms with E-state index in [2.05, 4.69) is 16.8 Å². The first-order valence-electron chi connectivity index (χ1n) is 5.21. The summed E-state index contributed by atoms with van der Waals surface area (Å²) >= 11 is 0. The molecule has 2 fully saturated rings. The number of hydrogen-bond acceptors (Lipinski definition) is 3. The average molecular weight is 184 g/mol. The molecule has 13 heavy (non-hydrogen) atoms. The lowest BCUT2D eigenvalue weighted by molar-refractivity contribution is -0.0558. The van der Waals surface area contributed by atoms with Gasteiger partial charge in [-0.1, -0.05) is 0 Å². The lowest BCUT2D eigenvalue weighted by Gasteiger charge is -2.40. The molecule has 0 aromatic carbocycles. The SMILES string of the molecule is CN1CCC2(CC1)CCN(C)C2O. The Kier molecular flexibility index (Phi) is 2.34. The maximum Gasteiger partial charge on any atom is 0.112 e. The molecule has 2 aliphatic rings. The second-order valence-electron chi connectivity index (χ2n) is 4.77. The molecule has 1 unspecified atom stereocenters. The van der Waals surface area contributed by atoms with Crippen molar-refractivity contribution in [1.29, 1.82) is 0 Å². The van der Waals surface area contributed by atoms with Crippen LogP contribution in [0.15, 0.2) is 0 Å². The zero-order valence-electron chi connectivity index (χ0n) is 8.66. The molecule has 0 aromatic heterocycles. The van der Waals surface area contributed by atoms with Gasteiger partial charge in [-0.2, -0.15) is 0 Å². The smallest absolute Gasteiger partial charge is 0.112 e. The van der Waals surface area contributed by atoms with Gasteiger partial charge in [0, 0.05) is 12.0 Å². The topological polar surface area (TPSA) is 26.7 Å². The Morgan fingerprint density at radius 1 is 1.08 bits per heavy atom. The summed E-state index contributed by atoms with van der Waals surface area (Å²) in [5.41, 5.74) is 0.223. The fraction of sp³-hybridized carbons (Fsp3) is 1.00. The fourth-order valence-electron chi connectivity index (χ4n) is 2.69. The number of piperidine rings is 1. The zero-order valence-corrected chi connectivity index (χ0v) is 8.66. The summed E-state index contributed by atoms with van der Waals surface area (Å²) in [5, 5.41) is 10.1. The highest BCUT2D eigenvalue weighted by atomic mass is 16.3. The number of nitrogens with zero attached hydrogens (tertiary/aromatic N) is 2. The molecule has 0 saturated carbocycles. The van der Waals surface area contributed by atoms with E-state index < -0.39 is 0 Å².